The number of benzene rings is 2. The Balaban J connectivity index is 2.24. The van der Waals surface area contributed by atoms with Crippen LogP contribution < -0.4 is 14.9 Å². The Hall–Kier alpha value is -3.15. The van der Waals surface area contributed by atoms with Gasteiger partial charge in [-0.05, 0) is 24.3 Å². The maximum Gasteiger partial charge on any atom is 0.193 e. The van der Waals surface area contributed by atoms with E-state index in [1.54, 1.807) is 12.1 Å². The smallest absolute Gasteiger partial charge is 0.193 e. The minimum absolute atomic E-state index is 0.0277. The molecule has 1 aliphatic heterocycles. The van der Waals surface area contributed by atoms with E-state index < -0.39 is 0 Å². The zero-order valence-corrected chi connectivity index (χ0v) is 12.5. The van der Waals surface area contributed by atoms with Gasteiger partial charge >= 0.3 is 0 Å². The molecule has 0 bridgehead atoms. The van der Waals surface area contributed by atoms with Crippen LogP contribution in [0.1, 0.15) is 0 Å². The van der Waals surface area contributed by atoms with Crippen LogP contribution in [0.4, 0.5) is 0 Å². The molecule has 0 saturated heterocycles. The van der Waals surface area contributed by atoms with Gasteiger partial charge in [-0.1, -0.05) is 0 Å². The lowest BCUT2D eigenvalue weighted by atomic mass is 10.1. The van der Waals surface area contributed by atoms with Gasteiger partial charge < -0.3 is 24.1 Å². The van der Waals surface area contributed by atoms with Crippen LogP contribution in [0.3, 0.4) is 0 Å². The summed E-state index contributed by atoms with van der Waals surface area (Å²) in [7, 11) is 2.87. The van der Waals surface area contributed by atoms with Crippen molar-refractivity contribution in [3.8, 4) is 45.6 Å². The lowest BCUT2D eigenvalue weighted by Crippen LogP contribution is -2.05. The molecule has 118 valence electrons. The maximum absolute atomic E-state index is 12.0. The average Bonchev–Trinajstić information content (AvgIpc) is 2.55. The monoisotopic (exact) mass is 314 g/mol. The highest BCUT2D eigenvalue weighted by Crippen LogP contribution is 2.39. The van der Waals surface area contributed by atoms with Crippen molar-refractivity contribution < 1.29 is 24.1 Å². The summed E-state index contributed by atoms with van der Waals surface area (Å²) in [5, 5.41) is 19.8. The van der Waals surface area contributed by atoms with Crippen LogP contribution in [0.25, 0.3) is 22.6 Å². The predicted molar refractivity (Wildman–Crippen MR) is 83.5 cm³/mol. The van der Waals surface area contributed by atoms with E-state index >= 15 is 0 Å². The number of methoxy groups -OCH3 is 2. The summed E-state index contributed by atoms with van der Waals surface area (Å²) in [6, 6.07) is 8.75. The molecule has 1 aromatic rings. The van der Waals surface area contributed by atoms with Gasteiger partial charge in [-0.15, -0.1) is 0 Å². The summed E-state index contributed by atoms with van der Waals surface area (Å²) in [4.78, 5) is 12.0. The Kier molecular flexibility index (Phi) is 3.57. The number of aromatic hydroxyl groups is 2. The minimum Gasteiger partial charge on any atom is -0.504 e. The Morgan fingerprint density at radius 3 is 2.43 bits per heavy atom. The third kappa shape index (κ3) is 2.55. The number of fused-ring (bicyclic) bond motifs is 1. The first-order valence-corrected chi connectivity index (χ1v) is 6.75. The molecule has 0 amide bonds. The fourth-order valence-corrected chi connectivity index (χ4v) is 2.31. The summed E-state index contributed by atoms with van der Waals surface area (Å²) in [6.07, 6.45) is 0. The van der Waals surface area contributed by atoms with Gasteiger partial charge in [0, 0.05) is 17.7 Å². The molecule has 0 aromatic heterocycles. The van der Waals surface area contributed by atoms with E-state index in [9.17, 15) is 15.0 Å². The normalized spacial score (nSPS) is 10.7. The molecular formula is C17H14O6. The highest BCUT2D eigenvalue weighted by molar-refractivity contribution is 5.73. The molecule has 0 unspecified atom stereocenters. The van der Waals surface area contributed by atoms with Crippen molar-refractivity contribution in [3.63, 3.8) is 0 Å². The summed E-state index contributed by atoms with van der Waals surface area (Å²) < 4.78 is 15.8. The van der Waals surface area contributed by atoms with Crippen LogP contribution in [0, 0.1) is 0 Å². The molecule has 3 rings (SSSR count). The number of ether oxygens (including phenoxy) is 2. The number of rotatable bonds is 3. The minimum atomic E-state index is -0.312. The van der Waals surface area contributed by atoms with E-state index in [1.807, 2.05) is 0 Å². The van der Waals surface area contributed by atoms with Crippen LogP contribution in [-0.4, -0.2) is 24.4 Å². The molecule has 6 nitrogen and oxygen atoms in total. The van der Waals surface area contributed by atoms with E-state index in [-0.39, 0.29) is 39.8 Å². The van der Waals surface area contributed by atoms with Crippen LogP contribution in [0.15, 0.2) is 45.6 Å². The highest BCUT2D eigenvalue weighted by atomic mass is 16.5. The Morgan fingerprint density at radius 2 is 1.74 bits per heavy atom. The molecule has 1 heterocycles. The topological polar surface area (TPSA) is 89.1 Å². The van der Waals surface area contributed by atoms with Crippen LogP contribution in [-0.2, 0) is 0 Å². The van der Waals surface area contributed by atoms with E-state index in [1.165, 1.54) is 38.5 Å². The van der Waals surface area contributed by atoms with Crippen molar-refractivity contribution in [1.29, 1.82) is 0 Å². The molecule has 0 spiro atoms. The first-order chi connectivity index (χ1) is 11.0. The Morgan fingerprint density at radius 1 is 0.957 bits per heavy atom. The van der Waals surface area contributed by atoms with Gasteiger partial charge in [-0.2, -0.15) is 0 Å². The Labute approximate surface area is 131 Å². The van der Waals surface area contributed by atoms with Gasteiger partial charge in [0.2, 0.25) is 0 Å². The largest absolute Gasteiger partial charge is 0.504 e. The second kappa shape index (κ2) is 5.57. The van der Waals surface area contributed by atoms with Gasteiger partial charge in [-0.3, -0.25) is 4.79 Å². The van der Waals surface area contributed by atoms with Gasteiger partial charge in [0.05, 0.1) is 19.8 Å². The number of hydrogen-bond acceptors (Lipinski definition) is 6. The molecule has 2 N–H and O–H groups in total. The van der Waals surface area contributed by atoms with E-state index in [4.69, 9.17) is 13.9 Å². The molecule has 1 aliphatic carbocycles. The van der Waals surface area contributed by atoms with Crippen molar-refractivity contribution in [2.24, 2.45) is 0 Å². The fraction of sp³-hybridized carbons (Fsp3) is 0.118. The first-order valence-electron chi connectivity index (χ1n) is 6.75. The SMILES string of the molecule is COc1cc2oc(-c3ccc(O)c(OC)c3)c(O)cc-2c(=O)c1. The molecule has 0 saturated carbocycles. The Bertz CT molecular complexity index is 896. The van der Waals surface area contributed by atoms with Crippen molar-refractivity contribution in [1.82, 2.24) is 0 Å². The zero-order chi connectivity index (χ0) is 16.6. The number of phenolic OH excluding ortho intramolecular Hbond substituents is 1. The molecule has 0 radical (unpaired) electrons. The van der Waals surface area contributed by atoms with Gasteiger partial charge in [-0.25, -0.2) is 0 Å². The highest BCUT2D eigenvalue weighted by Gasteiger charge is 2.18. The molecule has 23 heavy (non-hydrogen) atoms. The predicted octanol–water partition coefficient (Wildman–Crippen LogP) is 2.84. The van der Waals surface area contributed by atoms with E-state index in [0.29, 0.717) is 11.3 Å². The van der Waals surface area contributed by atoms with Gasteiger partial charge in [0.25, 0.3) is 0 Å². The fourth-order valence-electron chi connectivity index (χ4n) is 2.31. The third-order valence-electron chi connectivity index (χ3n) is 3.48. The summed E-state index contributed by atoms with van der Waals surface area (Å²) in [5.74, 6) is 0.837. The lowest BCUT2D eigenvalue weighted by Gasteiger charge is -2.12. The quantitative estimate of drug-likeness (QED) is 0.772. The number of hydrogen-bond donors (Lipinski definition) is 2. The standard InChI is InChI=1S/C17H14O6/c1-21-10-6-13(19)11-8-14(20)17(23-15(11)7-10)9-3-4-12(18)16(5-9)22-2/h3-8,18,20H,1-2H3. The molecule has 0 fully saturated rings. The van der Waals surface area contributed by atoms with Crippen LogP contribution >= 0.6 is 0 Å². The van der Waals surface area contributed by atoms with Crippen molar-refractivity contribution in [2.75, 3.05) is 14.2 Å². The summed E-state index contributed by atoms with van der Waals surface area (Å²) in [6.45, 7) is 0. The molecule has 0 atom stereocenters. The van der Waals surface area contributed by atoms with Crippen molar-refractivity contribution in [3.05, 3.63) is 46.6 Å². The van der Waals surface area contributed by atoms with E-state index in [2.05, 4.69) is 0 Å². The maximum atomic E-state index is 12.0. The first kappa shape index (κ1) is 14.8. The second-order valence-corrected chi connectivity index (χ2v) is 4.88. The third-order valence-corrected chi connectivity index (χ3v) is 3.48. The molecule has 6 heteroatoms. The van der Waals surface area contributed by atoms with E-state index in [0.717, 1.165) is 0 Å². The van der Waals surface area contributed by atoms with Crippen molar-refractivity contribution in [2.45, 2.75) is 0 Å². The second-order valence-electron chi connectivity index (χ2n) is 4.88. The summed E-state index contributed by atoms with van der Waals surface area (Å²) >= 11 is 0. The average molecular weight is 314 g/mol. The van der Waals surface area contributed by atoms with Crippen LogP contribution in [0.2, 0.25) is 0 Å². The van der Waals surface area contributed by atoms with Gasteiger partial charge in [0.15, 0.2) is 28.4 Å². The van der Waals surface area contributed by atoms with Gasteiger partial charge in [0.1, 0.15) is 11.5 Å². The van der Waals surface area contributed by atoms with Crippen LogP contribution in [0.5, 0.6) is 23.0 Å². The zero-order valence-electron chi connectivity index (χ0n) is 12.5. The molecule has 2 aliphatic rings. The molecular weight excluding hydrogens is 300 g/mol. The lowest BCUT2D eigenvalue weighted by molar-refractivity contribution is 0.373. The van der Waals surface area contributed by atoms with Crippen molar-refractivity contribution >= 4 is 0 Å². The summed E-state index contributed by atoms with van der Waals surface area (Å²) in [5.41, 5.74) is 0.431. The molecule has 1 aromatic carbocycles. The number of phenols is 1.